The number of carbonyl (C=O) groups excluding carboxylic acids is 1. The molecule has 0 saturated heterocycles. The Labute approximate surface area is 86.5 Å². The van der Waals surface area contributed by atoms with Crippen LogP contribution in [-0.4, -0.2) is 23.3 Å². The number of ether oxygens (including phenoxy) is 1. The van der Waals surface area contributed by atoms with E-state index in [9.17, 15) is 9.90 Å². The van der Waals surface area contributed by atoms with Gasteiger partial charge in [-0.1, -0.05) is 33.1 Å². The predicted octanol–water partition coefficient (Wildman–Crippen LogP) is 2.27. The van der Waals surface area contributed by atoms with Gasteiger partial charge in [-0.25, -0.2) is 4.79 Å². The third kappa shape index (κ3) is 5.97. The molecule has 2 atom stereocenters. The van der Waals surface area contributed by atoms with E-state index in [0.717, 1.165) is 25.7 Å². The number of hydrogen-bond acceptors (Lipinski definition) is 3. The second kappa shape index (κ2) is 7.80. The summed E-state index contributed by atoms with van der Waals surface area (Å²) in [5.74, 6) is -0.476. The van der Waals surface area contributed by atoms with Gasteiger partial charge in [-0.15, -0.1) is 0 Å². The smallest absolute Gasteiger partial charge is 0.335 e. The van der Waals surface area contributed by atoms with Crippen LogP contribution in [0.15, 0.2) is 0 Å². The van der Waals surface area contributed by atoms with E-state index in [-0.39, 0.29) is 6.10 Å². The highest BCUT2D eigenvalue weighted by atomic mass is 16.6. The molecule has 0 radical (unpaired) electrons. The van der Waals surface area contributed by atoms with E-state index in [0.29, 0.717) is 6.42 Å². The molecule has 0 spiro atoms. The lowest BCUT2D eigenvalue weighted by Gasteiger charge is -2.15. The van der Waals surface area contributed by atoms with Crippen molar-refractivity contribution in [3.63, 3.8) is 0 Å². The van der Waals surface area contributed by atoms with Crippen LogP contribution in [0, 0.1) is 0 Å². The summed E-state index contributed by atoms with van der Waals surface area (Å²) >= 11 is 0. The van der Waals surface area contributed by atoms with Crippen molar-refractivity contribution in [1.82, 2.24) is 0 Å². The quantitative estimate of drug-likeness (QED) is 0.644. The Bertz CT molecular complexity index is 157. The fourth-order valence-electron chi connectivity index (χ4n) is 1.22. The van der Waals surface area contributed by atoms with E-state index in [1.807, 2.05) is 13.8 Å². The molecule has 14 heavy (non-hydrogen) atoms. The number of esters is 1. The Balaban J connectivity index is 3.69. The second-order valence-electron chi connectivity index (χ2n) is 3.69. The summed E-state index contributed by atoms with van der Waals surface area (Å²) in [7, 11) is 0. The number of aliphatic hydroxyl groups excluding tert-OH is 1. The Hall–Kier alpha value is -0.570. The topological polar surface area (TPSA) is 46.5 Å². The van der Waals surface area contributed by atoms with E-state index >= 15 is 0 Å². The minimum Gasteiger partial charge on any atom is -0.461 e. The molecule has 0 aliphatic rings. The summed E-state index contributed by atoms with van der Waals surface area (Å²) in [5.41, 5.74) is 0. The van der Waals surface area contributed by atoms with Crippen LogP contribution in [0.5, 0.6) is 0 Å². The molecule has 0 aliphatic heterocycles. The molecule has 0 aromatic carbocycles. The minimum absolute atomic E-state index is 0.0750. The molecule has 84 valence electrons. The number of rotatable bonds is 7. The molecule has 0 bridgehead atoms. The zero-order valence-corrected chi connectivity index (χ0v) is 9.45. The lowest BCUT2D eigenvalue weighted by atomic mass is 10.2. The van der Waals surface area contributed by atoms with Crippen molar-refractivity contribution < 1.29 is 14.6 Å². The molecule has 0 rings (SSSR count). The van der Waals surface area contributed by atoms with Crippen LogP contribution in [0.1, 0.15) is 52.9 Å². The predicted molar refractivity (Wildman–Crippen MR) is 56.0 cm³/mol. The molecule has 0 fully saturated rings. The highest BCUT2D eigenvalue weighted by Gasteiger charge is 2.17. The fourth-order valence-corrected chi connectivity index (χ4v) is 1.22. The number of aliphatic hydroxyl groups is 1. The van der Waals surface area contributed by atoms with Gasteiger partial charge in [0.25, 0.3) is 0 Å². The largest absolute Gasteiger partial charge is 0.461 e. The van der Waals surface area contributed by atoms with Crippen LogP contribution in [-0.2, 0) is 9.53 Å². The maximum atomic E-state index is 11.2. The standard InChI is InChI=1S/C11H22O3/c1-4-6-8-9(3)14-11(13)10(12)7-5-2/h9-10,12H,4-8H2,1-3H3. The monoisotopic (exact) mass is 202 g/mol. The van der Waals surface area contributed by atoms with Crippen molar-refractivity contribution in [2.75, 3.05) is 0 Å². The Morgan fingerprint density at radius 1 is 1.29 bits per heavy atom. The van der Waals surface area contributed by atoms with Crippen LogP contribution in [0.3, 0.4) is 0 Å². The molecule has 2 unspecified atom stereocenters. The van der Waals surface area contributed by atoms with Gasteiger partial charge in [-0.05, 0) is 19.8 Å². The van der Waals surface area contributed by atoms with Crippen molar-refractivity contribution in [2.24, 2.45) is 0 Å². The highest BCUT2D eigenvalue weighted by molar-refractivity contribution is 5.74. The van der Waals surface area contributed by atoms with Gasteiger partial charge in [0.05, 0.1) is 6.10 Å². The third-order valence-electron chi connectivity index (χ3n) is 2.12. The summed E-state index contributed by atoms with van der Waals surface area (Å²) in [4.78, 5) is 11.2. The van der Waals surface area contributed by atoms with Crippen LogP contribution in [0.4, 0.5) is 0 Å². The SMILES string of the molecule is CCCCC(C)OC(=O)C(O)CCC. The third-order valence-corrected chi connectivity index (χ3v) is 2.12. The summed E-state index contributed by atoms with van der Waals surface area (Å²) in [5, 5.41) is 9.32. The molecular formula is C11H22O3. The first kappa shape index (κ1) is 13.4. The number of unbranched alkanes of at least 4 members (excludes halogenated alkanes) is 1. The maximum absolute atomic E-state index is 11.2. The second-order valence-corrected chi connectivity index (χ2v) is 3.69. The average molecular weight is 202 g/mol. The van der Waals surface area contributed by atoms with E-state index in [1.165, 1.54) is 0 Å². The molecule has 3 heteroatoms. The lowest BCUT2D eigenvalue weighted by Crippen LogP contribution is -2.26. The minimum atomic E-state index is -0.941. The van der Waals surface area contributed by atoms with E-state index in [4.69, 9.17) is 4.74 Å². The Morgan fingerprint density at radius 2 is 1.93 bits per heavy atom. The van der Waals surface area contributed by atoms with Crippen molar-refractivity contribution >= 4 is 5.97 Å². The van der Waals surface area contributed by atoms with Gasteiger partial charge in [0.1, 0.15) is 0 Å². The Kier molecular flexibility index (Phi) is 7.48. The van der Waals surface area contributed by atoms with Crippen LogP contribution >= 0.6 is 0 Å². The van der Waals surface area contributed by atoms with E-state index in [1.54, 1.807) is 0 Å². The Morgan fingerprint density at radius 3 is 2.43 bits per heavy atom. The molecule has 0 amide bonds. The van der Waals surface area contributed by atoms with Crippen LogP contribution in [0.25, 0.3) is 0 Å². The normalized spacial score (nSPS) is 14.9. The van der Waals surface area contributed by atoms with E-state index in [2.05, 4.69) is 6.92 Å². The molecule has 0 heterocycles. The molecule has 0 aromatic heterocycles. The molecule has 0 aliphatic carbocycles. The highest BCUT2D eigenvalue weighted by Crippen LogP contribution is 2.07. The van der Waals surface area contributed by atoms with Crippen molar-refractivity contribution in [2.45, 2.75) is 65.1 Å². The summed E-state index contributed by atoms with van der Waals surface area (Å²) in [6.45, 7) is 5.89. The zero-order chi connectivity index (χ0) is 11.0. The molecule has 3 nitrogen and oxygen atoms in total. The van der Waals surface area contributed by atoms with Gasteiger partial charge >= 0.3 is 5.97 Å². The zero-order valence-electron chi connectivity index (χ0n) is 9.45. The first-order chi connectivity index (χ1) is 6.61. The van der Waals surface area contributed by atoms with E-state index < -0.39 is 12.1 Å². The molecule has 0 aromatic rings. The maximum Gasteiger partial charge on any atom is 0.335 e. The number of carbonyl (C=O) groups is 1. The van der Waals surface area contributed by atoms with Gasteiger partial charge < -0.3 is 9.84 Å². The molecular weight excluding hydrogens is 180 g/mol. The summed E-state index contributed by atoms with van der Waals surface area (Å²) < 4.78 is 5.08. The van der Waals surface area contributed by atoms with Crippen LogP contribution in [0.2, 0.25) is 0 Å². The molecule has 0 saturated carbocycles. The van der Waals surface area contributed by atoms with Gasteiger partial charge in [0.15, 0.2) is 6.10 Å². The van der Waals surface area contributed by atoms with Gasteiger partial charge in [-0.3, -0.25) is 0 Å². The summed E-state index contributed by atoms with van der Waals surface area (Å²) in [6, 6.07) is 0. The summed E-state index contributed by atoms with van der Waals surface area (Å²) in [6.07, 6.45) is 3.29. The average Bonchev–Trinajstić information content (AvgIpc) is 2.15. The first-order valence-electron chi connectivity index (χ1n) is 5.50. The lowest BCUT2D eigenvalue weighted by molar-refractivity contribution is -0.158. The molecule has 1 N–H and O–H groups in total. The van der Waals surface area contributed by atoms with Gasteiger partial charge in [0.2, 0.25) is 0 Å². The van der Waals surface area contributed by atoms with Crippen molar-refractivity contribution in [3.8, 4) is 0 Å². The number of hydrogen-bond donors (Lipinski definition) is 1. The van der Waals surface area contributed by atoms with Crippen molar-refractivity contribution in [3.05, 3.63) is 0 Å². The van der Waals surface area contributed by atoms with Crippen LogP contribution < -0.4 is 0 Å². The van der Waals surface area contributed by atoms with Crippen molar-refractivity contribution in [1.29, 1.82) is 0 Å². The fraction of sp³-hybridized carbons (Fsp3) is 0.909. The van der Waals surface area contributed by atoms with Gasteiger partial charge in [0, 0.05) is 0 Å². The first-order valence-corrected chi connectivity index (χ1v) is 5.50. The van der Waals surface area contributed by atoms with Gasteiger partial charge in [-0.2, -0.15) is 0 Å².